The van der Waals surface area contributed by atoms with E-state index in [1.165, 1.54) is 24.3 Å². The summed E-state index contributed by atoms with van der Waals surface area (Å²) in [5, 5.41) is 0. The van der Waals surface area contributed by atoms with Gasteiger partial charge < -0.3 is 18.9 Å². The minimum atomic E-state index is -4.38. The van der Waals surface area contributed by atoms with E-state index in [1.54, 1.807) is 38.1 Å². The summed E-state index contributed by atoms with van der Waals surface area (Å²) < 4.78 is 79.9. The van der Waals surface area contributed by atoms with Crippen LogP contribution in [0.15, 0.2) is 58.3 Å². The van der Waals surface area contributed by atoms with E-state index in [-0.39, 0.29) is 9.79 Å². The Kier molecular flexibility index (Phi) is 10.3. The number of nitrogens with one attached hydrogen (secondary N) is 2. The van der Waals surface area contributed by atoms with Gasteiger partial charge in [-0.1, -0.05) is 35.4 Å². The third-order valence-corrected chi connectivity index (χ3v) is 8.88. The Bertz CT molecular complexity index is 1470. The third kappa shape index (κ3) is 8.56. The van der Waals surface area contributed by atoms with E-state index in [1.807, 2.05) is 0 Å². The molecule has 0 spiro atoms. The molecular formula is C26H32N2O11S2. The molecule has 15 heteroatoms. The zero-order valence-electron chi connectivity index (χ0n) is 23.0. The summed E-state index contributed by atoms with van der Waals surface area (Å²) in [5.41, 5.74) is 1.58. The van der Waals surface area contributed by atoms with Crippen LogP contribution in [0.4, 0.5) is 0 Å². The second-order valence-corrected chi connectivity index (χ2v) is 12.9. The van der Waals surface area contributed by atoms with Gasteiger partial charge in [0.2, 0.25) is 20.0 Å². The molecule has 1 aliphatic heterocycles. The standard InChI is InChI=1S/C26H32N2O11S2/c1-15-6-10-20(11-7-15)40(32,33)27-23-25(38-19(5)31)24(37-18(4)30)22(14-36-17(3)29)39-26(23)28-41(34,35)21-12-8-16(2)9-13-21/h6-13,22-28H,14H2,1-5H3/t22-,23-,24-,25-,26-/m1/s1. The fourth-order valence-electron chi connectivity index (χ4n) is 4.07. The van der Waals surface area contributed by atoms with Crippen LogP contribution in [0, 0.1) is 13.8 Å². The number of carbonyl (C=O) groups excluding carboxylic acids is 3. The van der Waals surface area contributed by atoms with Gasteiger partial charge in [-0.25, -0.2) is 21.6 Å². The van der Waals surface area contributed by atoms with Crippen LogP contribution in [0.25, 0.3) is 0 Å². The number of rotatable bonds is 10. The van der Waals surface area contributed by atoms with Gasteiger partial charge in [-0.2, -0.15) is 4.72 Å². The molecule has 2 aromatic rings. The van der Waals surface area contributed by atoms with Gasteiger partial charge in [0.05, 0.1) is 9.79 Å². The van der Waals surface area contributed by atoms with Crippen molar-refractivity contribution in [3.05, 3.63) is 59.7 Å². The molecule has 1 fully saturated rings. The highest BCUT2D eigenvalue weighted by Crippen LogP contribution is 2.29. The largest absolute Gasteiger partial charge is 0.463 e. The average Bonchev–Trinajstić information content (AvgIpc) is 2.86. The minimum Gasteiger partial charge on any atom is -0.463 e. The quantitative estimate of drug-likeness (QED) is 0.289. The number of hydrogen-bond donors (Lipinski definition) is 2. The molecule has 13 nitrogen and oxygen atoms in total. The first-order chi connectivity index (χ1) is 19.1. The lowest BCUT2D eigenvalue weighted by Crippen LogP contribution is -2.69. The average molecular weight is 613 g/mol. The Morgan fingerprint density at radius 1 is 0.707 bits per heavy atom. The number of hydrogen-bond acceptors (Lipinski definition) is 11. The van der Waals surface area contributed by atoms with Crippen molar-refractivity contribution in [3.63, 3.8) is 0 Å². The maximum Gasteiger partial charge on any atom is 0.303 e. The maximum atomic E-state index is 13.4. The van der Waals surface area contributed by atoms with Crippen LogP contribution in [0.5, 0.6) is 0 Å². The van der Waals surface area contributed by atoms with E-state index >= 15 is 0 Å². The van der Waals surface area contributed by atoms with Crippen molar-refractivity contribution in [3.8, 4) is 0 Å². The fourth-order valence-corrected chi connectivity index (χ4v) is 6.46. The summed E-state index contributed by atoms with van der Waals surface area (Å²) in [6.45, 7) is 6.21. The highest BCUT2D eigenvalue weighted by molar-refractivity contribution is 7.90. The first-order valence-corrected chi connectivity index (χ1v) is 15.4. The van der Waals surface area contributed by atoms with E-state index < -0.39 is 75.1 Å². The molecule has 3 rings (SSSR count). The van der Waals surface area contributed by atoms with Crippen molar-refractivity contribution in [1.82, 2.24) is 9.44 Å². The summed E-state index contributed by atoms with van der Waals surface area (Å²) in [5.74, 6) is -2.46. The Hall–Kier alpha value is -3.37. The topological polar surface area (TPSA) is 180 Å². The van der Waals surface area contributed by atoms with Gasteiger partial charge in [-0.15, -0.1) is 0 Å². The maximum absolute atomic E-state index is 13.4. The number of ether oxygens (including phenoxy) is 4. The van der Waals surface area contributed by atoms with Crippen LogP contribution in [-0.2, 0) is 53.4 Å². The Morgan fingerprint density at radius 3 is 1.59 bits per heavy atom. The molecule has 5 atom stereocenters. The van der Waals surface area contributed by atoms with E-state index in [0.717, 1.165) is 31.9 Å². The Balaban J connectivity index is 2.12. The second kappa shape index (κ2) is 13.1. The van der Waals surface area contributed by atoms with Crippen molar-refractivity contribution in [2.45, 2.75) is 75.0 Å². The first-order valence-electron chi connectivity index (χ1n) is 12.4. The summed E-state index contributed by atoms with van der Waals surface area (Å²) in [4.78, 5) is 35.4. The van der Waals surface area contributed by atoms with Gasteiger partial charge >= 0.3 is 17.9 Å². The first kappa shape index (κ1) is 32.1. The van der Waals surface area contributed by atoms with Gasteiger partial charge in [-0.05, 0) is 38.1 Å². The molecule has 0 radical (unpaired) electrons. The molecule has 2 N–H and O–H groups in total. The zero-order chi connectivity index (χ0) is 30.5. The van der Waals surface area contributed by atoms with E-state index in [2.05, 4.69) is 9.44 Å². The molecule has 0 bridgehead atoms. The molecule has 224 valence electrons. The minimum absolute atomic E-state index is 0.158. The highest BCUT2D eigenvalue weighted by atomic mass is 32.2. The van der Waals surface area contributed by atoms with Crippen molar-refractivity contribution in [1.29, 1.82) is 0 Å². The summed E-state index contributed by atoms with van der Waals surface area (Å²) in [6.07, 6.45) is -6.20. The number of esters is 3. The van der Waals surface area contributed by atoms with Crippen LogP contribution >= 0.6 is 0 Å². The van der Waals surface area contributed by atoms with Crippen LogP contribution in [0.1, 0.15) is 31.9 Å². The van der Waals surface area contributed by atoms with E-state index in [9.17, 15) is 31.2 Å². The molecule has 0 aliphatic carbocycles. The van der Waals surface area contributed by atoms with Crippen molar-refractivity contribution in [2.75, 3.05) is 6.61 Å². The van der Waals surface area contributed by atoms with Crippen molar-refractivity contribution < 1.29 is 50.2 Å². The molecule has 0 amide bonds. The molecule has 1 heterocycles. The van der Waals surface area contributed by atoms with Gasteiger partial charge in [0, 0.05) is 20.8 Å². The zero-order valence-corrected chi connectivity index (χ0v) is 24.7. The number of benzene rings is 2. The molecule has 1 aliphatic rings. The Morgan fingerprint density at radius 2 is 1.15 bits per heavy atom. The van der Waals surface area contributed by atoms with Crippen LogP contribution < -0.4 is 9.44 Å². The molecule has 0 unspecified atom stereocenters. The normalized spacial score (nSPS) is 22.9. The molecule has 2 aromatic carbocycles. The fraction of sp³-hybridized carbons (Fsp3) is 0.423. The predicted molar refractivity (Wildman–Crippen MR) is 143 cm³/mol. The third-order valence-electron chi connectivity index (χ3n) is 5.97. The number of sulfonamides is 2. The van der Waals surface area contributed by atoms with Crippen molar-refractivity contribution >= 4 is 38.0 Å². The highest BCUT2D eigenvalue weighted by Gasteiger charge is 2.52. The SMILES string of the molecule is CC(=O)OC[C@H]1O[C@@H](NS(=O)(=O)c2ccc(C)cc2)[C@H](NS(=O)(=O)c2ccc(C)cc2)[C@@H](OC(C)=O)[C@@H]1OC(C)=O. The van der Waals surface area contributed by atoms with Gasteiger partial charge in [0.25, 0.3) is 0 Å². The molecule has 41 heavy (non-hydrogen) atoms. The monoisotopic (exact) mass is 612 g/mol. The Labute approximate surface area is 238 Å². The lowest BCUT2D eigenvalue weighted by Gasteiger charge is -2.45. The number of carbonyl (C=O) groups is 3. The predicted octanol–water partition coefficient (Wildman–Crippen LogP) is 1.08. The summed E-state index contributed by atoms with van der Waals surface area (Å²) >= 11 is 0. The second-order valence-electron chi connectivity index (χ2n) is 9.44. The van der Waals surface area contributed by atoms with Gasteiger partial charge in [0.1, 0.15) is 25.0 Å². The van der Waals surface area contributed by atoms with E-state index in [4.69, 9.17) is 18.9 Å². The van der Waals surface area contributed by atoms with Crippen LogP contribution in [0.2, 0.25) is 0 Å². The lowest BCUT2D eigenvalue weighted by molar-refractivity contribution is -0.223. The molecule has 0 aromatic heterocycles. The summed E-state index contributed by atoms with van der Waals surface area (Å²) in [6, 6.07) is 9.95. The smallest absolute Gasteiger partial charge is 0.303 e. The van der Waals surface area contributed by atoms with Crippen LogP contribution in [-0.4, -0.2) is 71.9 Å². The lowest BCUT2D eigenvalue weighted by atomic mass is 9.96. The van der Waals surface area contributed by atoms with Gasteiger partial charge in [0.15, 0.2) is 12.2 Å². The molecular weight excluding hydrogens is 580 g/mol. The molecule has 1 saturated heterocycles. The van der Waals surface area contributed by atoms with Crippen LogP contribution in [0.3, 0.4) is 0 Å². The van der Waals surface area contributed by atoms with Gasteiger partial charge in [-0.3, -0.25) is 14.4 Å². The molecule has 0 saturated carbocycles. The summed E-state index contributed by atoms with van der Waals surface area (Å²) in [7, 11) is -8.73. The number of aryl methyl sites for hydroxylation is 2. The van der Waals surface area contributed by atoms with Crippen molar-refractivity contribution in [2.24, 2.45) is 0 Å². The van der Waals surface area contributed by atoms with E-state index in [0.29, 0.717) is 0 Å².